The van der Waals surface area contributed by atoms with E-state index in [4.69, 9.17) is 9.96 Å². The second-order valence-electron chi connectivity index (χ2n) is 10.7. The first-order chi connectivity index (χ1) is 15.0. The summed E-state index contributed by atoms with van der Waals surface area (Å²) in [6.07, 6.45) is 6.52. The van der Waals surface area contributed by atoms with Gasteiger partial charge in [-0.15, -0.1) is 5.73 Å². The molecule has 0 spiro atoms. The molecule has 4 nitrogen and oxygen atoms in total. The highest BCUT2D eigenvalue weighted by atomic mass is 28.4. The van der Waals surface area contributed by atoms with Crippen LogP contribution in [0.2, 0.25) is 16.6 Å². The van der Waals surface area contributed by atoms with Crippen molar-refractivity contribution in [2.75, 3.05) is 0 Å². The van der Waals surface area contributed by atoms with E-state index in [-0.39, 0.29) is 11.5 Å². The Hall–Kier alpha value is -2.03. The molecule has 32 heavy (non-hydrogen) atoms. The maximum absolute atomic E-state index is 8.81. The van der Waals surface area contributed by atoms with Crippen LogP contribution in [0.3, 0.4) is 0 Å². The lowest BCUT2D eigenvalue weighted by Crippen LogP contribution is -2.53. The first-order valence-electron chi connectivity index (χ1n) is 11.9. The SMILES string of the molecule is CC(=C=Cc1ccccc1N=[N+]=[N-])C1=CC(O[Si](C(C)C)(C(C)C)C(C)C)C(C)(C)CC1. The molecule has 1 unspecified atom stereocenters. The number of nitrogens with zero attached hydrogens (tertiary/aromatic N) is 3. The van der Waals surface area contributed by atoms with Gasteiger partial charge in [0.05, 0.1) is 6.10 Å². The molecule has 0 aromatic heterocycles. The van der Waals surface area contributed by atoms with Gasteiger partial charge in [-0.1, -0.05) is 90.8 Å². The minimum atomic E-state index is -1.98. The highest BCUT2D eigenvalue weighted by Gasteiger charge is 2.49. The first-order valence-corrected chi connectivity index (χ1v) is 14.1. The van der Waals surface area contributed by atoms with Crippen LogP contribution in [-0.4, -0.2) is 14.4 Å². The zero-order chi connectivity index (χ0) is 24.1. The molecule has 0 saturated carbocycles. The fourth-order valence-corrected chi connectivity index (χ4v) is 10.9. The van der Waals surface area contributed by atoms with Crippen LogP contribution >= 0.6 is 0 Å². The highest BCUT2D eigenvalue weighted by molar-refractivity contribution is 6.77. The Labute approximate surface area is 196 Å². The molecule has 1 aliphatic rings. The summed E-state index contributed by atoms with van der Waals surface area (Å²) in [4.78, 5) is 2.93. The molecular formula is C27H41N3OSi. The summed E-state index contributed by atoms with van der Waals surface area (Å²) in [6, 6.07) is 7.59. The van der Waals surface area contributed by atoms with Crippen LogP contribution < -0.4 is 0 Å². The Morgan fingerprint density at radius 2 is 1.75 bits per heavy atom. The molecule has 0 fully saturated rings. The molecule has 174 valence electrons. The molecule has 5 heteroatoms. The van der Waals surface area contributed by atoms with Crippen molar-refractivity contribution in [2.45, 2.75) is 97.9 Å². The molecule has 1 aromatic rings. The minimum absolute atomic E-state index is 0.109. The van der Waals surface area contributed by atoms with Crippen LogP contribution in [0.5, 0.6) is 0 Å². The van der Waals surface area contributed by atoms with Crippen molar-refractivity contribution >= 4 is 20.1 Å². The molecule has 0 bridgehead atoms. The Bertz CT molecular complexity index is 924. The summed E-state index contributed by atoms with van der Waals surface area (Å²) in [5, 5.41) is 3.79. The summed E-state index contributed by atoms with van der Waals surface area (Å²) in [5.41, 5.74) is 18.0. The summed E-state index contributed by atoms with van der Waals surface area (Å²) >= 11 is 0. The third kappa shape index (κ3) is 5.66. The molecule has 0 radical (unpaired) electrons. The first kappa shape index (κ1) is 26.2. The molecule has 0 aliphatic heterocycles. The third-order valence-corrected chi connectivity index (χ3v) is 13.3. The third-order valence-electron chi connectivity index (χ3n) is 7.21. The van der Waals surface area contributed by atoms with E-state index in [1.54, 1.807) is 0 Å². The molecule has 0 heterocycles. The van der Waals surface area contributed by atoms with E-state index in [0.29, 0.717) is 22.3 Å². The molecule has 1 aliphatic carbocycles. The van der Waals surface area contributed by atoms with E-state index in [0.717, 1.165) is 24.0 Å². The van der Waals surface area contributed by atoms with Gasteiger partial charge in [-0.3, -0.25) is 0 Å². The maximum atomic E-state index is 8.81. The molecule has 0 saturated heterocycles. The number of azide groups is 1. The topological polar surface area (TPSA) is 58.0 Å². The number of hydrogen-bond acceptors (Lipinski definition) is 2. The monoisotopic (exact) mass is 451 g/mol. The number of allylic oxidation sites excluding steroid dienone is 2. The van der Waals surface area contributed by atoms with Crippen molar-refractivity contribution in [1.82, 2.24) is 0 Å². The fraction of sp³-hybridized carbons (Fsp3) is 0.593. The molecule has 1 aromatic carbocycles. The van der Waals surface area contributed by atoms with E-state index in [1.807, 2.05) is 30.3 Å². The van der Waals surface area contributed by atoms with Crippen LogP contribution in [0.25, 0.3) is 16.5 Å². The average Bonchev–Trinajstić information content (AvgIpc) is 2.71. The fourth-order valence-electron chi connectivity index (χ4n) is 5.25. The lowest BCUT2D eigenvalue weighted by atomic mass is 9.75. The van der Waals surface area contributed by atoms with Gasteiger partial charge in [0.15, 0.2) is 0 Å². The number of benzene rings is 1. The molecule has 1 atom stereocenters. The van der Waals surface area contributed by atoms with Crippen LogP contribution in [0.1, 0.15) is 80.7 Å². The van der Waals surface area contributed by atoms with Gasteiger partial charge in [0.25, 0.3) is 0 Å². The van der Waals surface area contributed by atoms with Crippen molar-refractivity contribution in [3.05, 3.63) is 63.2 Å². The van der Waals surface area contributed by atoms with Gasteiger partial charge >= 0.3 is 0 Å². The second-order valence-corrected chi connectivity index (χ2v) is 16.1. The minimum Gasteiger partial charge on any atom is -0.409 e. The molecule has 2 rings (SSSR count). The lowest BCUT2D eigenvalue weighted by Gasteiger charge is -2.49. The van der Waals surface area contributed by atoms with E-state index >= 15 is 0 Å². The van der Waals surface area contributed by atoms with E-state index in [9.17, 15) is 0 Å². The smallest absolute Gasteiger partial charge is 0.201 e. The Balaban J connectivity index is 2.46. The lowest BCUT2D eigenvalue weighted by molar-refractivity contribution is 0.0802. The largest absolute Gasteiger partial charge is 0.409 e. The van der Waals surface area contributed by atoms with Crippen molar-refractivity contribution in [3.63, 3.8) is 0 Å². The van der Waals surface area contributed by atoms with E-state index < -0.39 is 8.32 Å². The molecule has 0 amide bonds. The van der Waals surface area contributed by atoms with Gasteiger partial charge in [0.2, 0.25) is 8.32 Å². The van der Waals surface area contributed by atoms with E-state index in [2.05, 4.69) is 84.1 Å². The predicted molar refractivity (Wildman–Crippen MR) is 139 cm³/mol. The Morgan fingerprint density at radius 3 is 2.31 bits per heavy atom. The quantitative estimate of drug-likeness (QED) is 0.128. The van der Waals surface area contributed by atoms with Crippen molar-refractivity contribution in [1.29, 1.82) is 0 Å². The van der Waals surface area contributed by atoms with Crippen molar-refractivity contribution in [2.24, 2.45) is 10.5 Å². The van der Waals surface area contributed by atoms with Crippen LogP contribution in [0, 0.1) is 5.41 Å². The van der Waals surface area contributed by atoms with Gasteiger partial charge in [-0.05, 0) is 70.1 Å². The summed E-state index contributed by atoms with van der Waals surface area (Å²) in [5.74, 6) is 0. The second kappa shape index (κ2) is 10.7. The highest BCUT2D eigenvalue weighted by Crippen LogP contribution is 2.47. The normalized spacial score (nSPS) is 18.2. The van der Waals surface area contributed by atoms with Crippen LogP contribution in [0.15, 0.2) is 52.3 Å². The van der Waals surface area contributed by atoms with Crippen LogP contribution in [0.4, 0.5) is 5.69 Å². The summed E-state index contributed by atoms with van der Waals surface area (Å²) < 4.78 is 7.23. The van der Waals surface area contributed by atoms with Gasteiger partial charge in [0, 0.05) is 10.6 Å². The van der Waals surface area contributed by atoms with Crippen molar-refractivity contribution in [3.8, 4) is 0 Å². The van der Waals surface area contributed by atoms with Gasteiger partial charge < -0.3 is 4.43 Å². The zero-order valence-electron chi connectivity index (χ0n) is 21.4. The maximum Gasteiger partial charge on any atom is 0.201 e. The number of rotatable bonds is 8. The van der Waals surface area contributed by atoms with Gasteiger partial charge in [-0.25, -0.2) is 0 Å². The van der Waals surface area contributed by atoms with E-state index in [1.165, 1.54) is 5.57 Å². The average molecular weight is 452 g/mol. The van der Waals surface area contributed by atoms with Crippen LogP contribution in [-0.2, 0) is 4.43 Å². The summed E-state index contributed by atoms with van der Waals surface area (Å²) in [7, 11) is -1.98. The Kier molecular flexibility index (Phi) is 8.79. The summed E-state index contributed by atoms with van der Waals surface area (Å²) in [6.45, 7) is 20.9. The molecular weight excluding hydrogens is 410 g/mol. The molecule has 0 N–H and O–H groups in total. The van der Waals surface area contributed by atoms with Crippen molar-refractivity contribution < 1.29 is 4.43 Å². The predicted octanol–water partition coefficient (Wildman–Crippen LogP) is 9.49. The standard InChI is InChI=1S/C27H41N3OSi/c1-19(2)32(20(3)4,21(5)6)31-26-18-24(16-17-27(26,8)9)22(7)14-15-23-12-10-11-13-25(23)29-30-28/h10-13,15,18-21,26H,16-17H2,1-9H3. The van der Waals surface area contributed by atoms with Gasteiger partial charge in [-0.2, -0.15) is 0 Å². The van der Waals surface area contributed by atoms with Gasteiger partial charge in [0.1, 0.15) is 0 Å². The zero-order valence-corrected chi connectivity index (χ0v) is 22.4. The number of hydrogen-bond donors (Lipinski definition) is 0. The Morgan fingerprint density at radius 1 is 1.16 bits per heavy atom.